The van der Waals surface area contributed by atoms with Crippen molar-refractivity contribution in [3.63, 3.8) is 0 Å². The van der Waals surface area contributed by atoms with Crippen LogP contribution in [0.1, 0.15) is 0 Å². The Morgan fingerprint density at radius 3 is 0.250 bits per heavy atom. The number of hydrogen-bond acceptors (Lipinski definition) is 27. The summed E-state index contributed by atoms with van der Waals surface area (Å²) in [6.45, 7) is 110. The zero-order chi connectivity index (χ0) is 87.0. The first kappa shape index (κ1) is 113. The third-order valence-electron chi connectivity index (χ3n) is 12.8. The van der Waals surface area contributed by atoms with E-state index in [9.17, 15) is 4.80 Å². The zero-order valence-electron chi connectivity index (χ0n) is 78.6. The van der Waals surface area contributed by atoms with E-state index in [1.165, 1.54) is 0 Å². The molecule has 0 saturated heterocycles. The minimum Gasteiger partial charge on any atom is -0.440 e. The van der Waals surface area contributed by atoms with Crippen LogP contribution >= 0.6 is 0 Å². The monoisotopic (exact) mass is 2000 g/mol. The van der Waals surface area contributed by atoms with Crippen molar-refractivity contribution in [2.24, 2.45) is 0 Å². The van der Waals surface area contributed by atoms with Crippen molar-refractivity contribution in [1.29, 1.82) is 0 Å². The SMILES string of the molecule is C[SiH](C)O[Si](C)(C)O[Si](C)(C)O[Si](C)(C)O[Si](C)(C)O[Si](C)(C)O[Si](C)(C)O[Si](C)(C)O[Si](C)(C)O[Si](C)(C)O[Si](C)(C)O[Si](C)(C)O[Si](C)(C)O[Si](C)(C)O[Si](C)(C)O[Si](C)(C)O[Si](C)(C)O[Si](C)(C)O[Si](C)(C)O[Si](C)(C)O[Si](C)(C)O[Si](C)(C)O[Si](C)(C)O[Si](C)(C)O[Si](C)(C)O[Si](C)(C)O[Si](C)(C)O. The van der Waals surface area contributed by atoms with Crippen LogP contribution in [0.3, 0.4) is 0 Å². The fraction of sp³-hybridized carbons (Fsp3) is 1.00. The van der Waals surface area contributed by atoms with Crippen LogP contribution in [-0.4, -0.2) is 236 Å². The Kier molecular flexibility index (Phi) is 39.8. The molecule has 0 fully saturated rings. The first-order valence-corrected chi connectivity index (χ1v) is 114. The van der Waals surface area contributed by atoms with Gasteiger partial charge in [-0.3, -0.25) is 0 Å². The summed E-state index contributed by atoms with van der Waals surface area (Å²) in [6, 6.07) is 0. The summed E-state index contributed by atoms with van der Waals surface area (Å²) in [5, 5.41) is 0. The van der Waals surface area contributed by atoms with Gasteiger partial charge in [-0.15, -0.1) is 0 Å². The van der Waals surface area contributed by atoms with E-state index in [0.29, 0.717) is 0 Å². The molecule has 0 atom stereocenters. The van der Waals surface area contributed by atoms with Crippen LogP contribution in [0.25, 0.3) is 0 Å². The Hall–Kier alpha value is 4.78. The van der Waals surface area contributed by atoms with Crippen molar-refractivity contribution in [2.45, 2.75) is 354 Å². The molecule has 0 aromatic carbocycles. The van der Waals surface area contributed by atoms with E-state index in [2.05, 4.69) is 170 Å². The highest BCUT2D eigenvalue weighted by Gasteiger charge is 2.57. The molecule has 0 rings (SSSR count). The minimum atomic E-state index is -2.92. The van der Waals surface area contributed by atoms with Crippen LogP contribution in [0.5, 0.6) is 0 Å². The van der Waals surface area contributed by atoms with Crippen molar-refractivity contribution < 1.29 is 112 Å². The fourth-order valence-corrected chi connectivity index (χ4v) is 153. The average Bonchev–Trinajstić information content (AvgIpc) is 0.805. The van der Waals surface area contributed by atoms with Crippen LogP contribution in [0.2, 0.25) is 354 Å². The molecular weight excluding hydrogens is 1840 g/mol. The standard InChI is InChI=1S/C54H164O27Si27/c1-82(2)56-84(5,6)58-86(9,10)60-88(13,14)62-90(17,18)64-92(21,22)66-94(25,26)68-96(29,30)70-98(33,34)72-100(37,38)74-102(41,42)76-104(45,46)78-106(49,50)80-108(53,54)81-107(51,52)79-105(47,48)77-103(43,44)75-101(39,40)73-99(35,36)71-97(31,32)69-95(27,28)67-93(23,24)65-91(19,20)63-89(15,16)61-87(11,12)59-85(7,8)57-83(3,4)55/h55,82H,1-54H3. The van der Waals surface area contributed by atoms with Gasteiger partial charge >= 0.3 is 223 Å². The Bertz CT molecular complexity index is 2810. The first-order valence-electron chi connectivity index (χ1n) is 38.0. The summed E-state index contributed by atoms with van der Waals surface area (Å²) in [5.41, 5.74) is 0. The predicted octanol–water partition coefficient (Wildman–Crippen LogP) is 18.6. The molecule has 0 bridgehead atoms. The van der Waals surface area contributed by atoms with E-state index < -0.39 is 232 Å². The van der Waals surface area contributed by atoms with Crippen LogP contribution < -0.4 is 0 Å². The highest BCUT2D eigenvalue weighted by Crippen LogP contribution is 2.37. The Morgan fingerprint density at radius 2 is 0.185 bits per heavy atom. The number of hydrogen-bond donors (Lipinski definition) is 1. The summed E-state index contributed by atoms with van der Waals surface area (Å²) in [6.07, 6.45) is 0. The maximum Gasteiger partial charge on any atom is 0.320 e. The van der Waals surface area contributed by atoms with Gasteiger partial charge in [-0.05, 0) is 354 Å². The second kappa shape index (κ2) is 38.1. The van der Waals surface area contributed by atoms with Gasteiger partial charge in [0.15, 0.2) is 9.04 Å². The molecule has 0 aliphatic carbocycles. The molecule has 0 spiro atoms. The lowest BCUT2D eigenvalue weighted by Gasteiger charge is -2.45. The summed E-state index contributed by atoms with van der Waals surface area (Å²) < 4.78 is 178. The molecule has 0 heterocycles. The van der Waals surface area contributed by atoms with Crippen molar-refractivity contribution in [3.8, 4) is 0 Å². The van der Waals surface area contributed by atoms with Crippen LogP contribution in [0.15, 0.2) is 0 Å². The summed E-state index contributed by atoms with van der Waals surface area (Å²) >= 11 is 0. The molecular formula is C54H164O27Si27. The lowest BCUT2D eigenvalue weighted by molar-refractivity contribution is 0.244. The van der Waals surface area contributed by atoms with Gasteiger partial charge in [0.2, 0.25) is 0 Å². The van der Waals surface area contributed by atoms with Gasteiger partial charge in [0.25, 0.3) is 0 Å². The van der Waals surface area contributed by atoms with Crippen LogP contribution in [-0.2, 0) is 107 Å². The van der Waals surface area contributed by atoms with Crippen LogP contribution in [0, 0.1) is 0 Å². The molecule has 54 heteroatoms. The van der Waals surface area contributed by atoms with Crippen LogP contribution in [0.4, 0.5) is 0 Å². The van der Waals surface area contributed by atoms with E-state index in [-0.39, 0.29) is 0 Å². The molecule has 0 saturated carbocycles. The highest BCUT2D eigenvalue weighted by atomic mass is 28.6. The summed E-state index contributed by atoms with van der Waals surface area (Å²) in [4.78, 5) is 10.5. The molecule has 108 heavy (non-hydrogen) atoms. The molecule has 0 aliphatic rings. The molecule has 0 amide bonds. The summed E-state index contributed by atoms with van der Waals surface area (Å²) in [5.74, 6) is 0. The fourth-order valence-electron chi connectivity index (χ4n) is 15.9. The van der Waals surface area contributed by atoms with Crippen molar-refractivity contribution in [2.75, 3.05) is 0 Å². The van der Waals surface area contributed by atoms with Crippen molar-refractivity contribution in [3.05, 3.63) is 0 Å². The highest BCUT2D eigenvalue weighted by molar-refractivity contribution is 6.98. The van der Waals surface area contributed by atoms with Gasteiger partial charge in [-0.2, -0.15) is 0 Å². The van der Waals surface area contributed by atoms with E-state index in [1.54, 1.807) is 13.1 Å². The quantitative estimate of drug-likeness (QED) is 0.0555. The topological polar surface area (TPSA) is 260 Å². The molecule has 0 unspecified atom stereocenters. The second-order valence-electron chi connectivity index (χ2n) is 40.2. The van der Waals surface area contributed by atoms with E-state index in [1.807, 2.05) is 170 Å². The molecule has 1 N–H and O–H groups in total. The molecule has 0 aromatic rings. The smallest absolute Gasteiger partial charge is 0.320 e. The largest absolute Gasteiger partial charge is 0.440 e. The van der Waals surface area contributed by atoms with Gasteiger partial charge in [0.05, 0.1) is 0 Å². The minimum absolute atomic E-state index is 1.28. The Labute approximate surface area is 690 Å². The average molecular weight is 2000 g/mol. The molecule has 0 aromatic heterocycles. The lowest BCUT2D eigenvalue weighted by atomic mass is 11.9. The predicted molar refractivity (Wildman–Crippen MR) is 504 cm³/mol. The van der Waals surface area contributed by atoms with Gasteiger partial charge in [-0.1, -0.05) is 0 Å². The van der Waals surface area contributed by atoms with Gasteiger partial charge in [0.1, 0.15) is 0 Å². The van der Waals surface area contributed by atoms with Gasteiger partial charge < -0.3 is 112 Å². The van der Waals surface area contributed by atoms with E-state index in [0.717, 1.165) is 0 Å². The first-order chi connectivity index (χ1) is 46.1. The maximum absolute atomic E-state index is 10.5. The second-order valence-corrected chi connectivity index (χ2v) is 136. The third-order valence-corrected chi connectivity index (χ3v) is 115. The Morgan fingerprint density at radius 1 is 0.120 bits per heavy atom. The zero-order valence-corrected chi connectivity index (χ0v) is 106. The van der Waals surface area contributed by atoms with Gasteiger partial charge in [0, 0.05) is 0 Å². The molecule has 0 aliphatic heterocycles. The van der Waals surface area contributed by atoms with Crippen molar-refractivity contribution in [1.82, 2.24) is 0 Å². The van der Waals surface area contributed by atoms with Crippen molar-refractivity contribution >= 4 is 232 Å². The Balaban J connectivity index is 5.92. The molecule has 650 valence electrons. The normalized spacial score (nSPS) is 16.2. The summed E-state index contributed by atoms with van der Waals surface area (Å²) in [7, 11) is -74.8. The molecule has 0 radical (unpaired) electrons. The van der Waals surface area contributed by atoms with Gasteiger partial charge in [-0.25, -0.2) is 0 Å². The maximum atomic E-state index is 10.5. The van der Waals surface area contributed by atoms with E-state index in [4.69, 9.17) is 107 Å². The number of rotatable bonds is 52. The lowest BCUT2D eigenvalue weighted by Crippen LogP contribution is -2.63. The third kappa shape index (κ3) is 52.3. The van der Waals surface area contributed by atoms with E-state index >= 15 is 0 Å². The molecule has 27 nitrogen and oxygen atoms in total.